The molecule has 24 heavy (non-hydrogen) atoms. The van der Waals surface area contributed by atoms with E-state index in [0.29, 0.717) is 4.88 Å². The Morgan fingerprint density at radius 3 is 2.33 bits per heavy atom. The Kier molecular flexibility index (Phi) is 5.32. The zero-order valence-electron chi connectivity index (χ0n) is 13.9. The van der Waals surface area contributed by atoms with E-state index in [9.17, 15) is 4.79 Å². The van der Waals surface area contributed by atoms with Gasteiger partial charge in [0.2, 0.25) is 0 Å². The van der Waals surface area contributed by atoms with Gasteiger partial charge >= 0.3 is 0 Å². The van der Waals surface area contributed by atoms with Crippen molar-refractivity contribution < 1.29 is 14.3 Å². The van der Waals surface area contributed by atoms with Crippen LogP contribution in [0.4, 0.5) is 0 Å². The molecule has 2 aromatic rings. The third-order valence-electron chi connectivity index (χ3n) is 4.13. The highest BCUT2D eigenvalue weighted by Crippen LogP contribution is 2.24. The second-order valence-electron chi connectivity index (χ2n) is 5.67. The van der Waals surface area contributed by atoms with Gasteiger partial charge in [-0.1, -0.05) is 0 Å². The molecular weight excluding hydrogens is 326 g/mol. The van der Waals surface area contributed by atoms with Crippen molar-refractivity contribution in [3.8, 4) is 11.5 Å². The van der Waals surface area contributed by atoms with Crippen LogP contribution in [0.25, 0.3) is 0 Å². The number of hydrogen-bond acceptors (Lipinski definition) is 6. The quantitative estimate of drug-likeness (QED) is 0.829. The highest BCUT2D eigenvalue weighted by Gasteiger charge is 2.23. The average Bonchev–Trinajstić information content (AvgIpc) is 3.16. The number of amides is 1. The van der Waals surface area contributed by atoms with Crippen LogP contribution in [0.15, 0.2) is 30.5 Å². The summed E-state index contributed by atoms with van der Waals surface area (Å²) in [6, 6.07) is 7.70. The van der Waals surface area contributed by atoms with Crippen molar-refractivity contribution in [3.63, 3.8) is 0 Å². The summed E-state index contributed by atoms with van der Waals surface area (Å²) in [7, 11) is 3.31. The molecule has 0 aliphatic carbocycles. The van der Waals surface area contributed by atoms with Gasteiger partial charge in [-0.3, -0.25) is 9.69 Å². The van der Waals surface area contributed by atoms with Crippen molar-refractivity contribution in [2.24, 2.45) is 0 Å². The van der Waals surface area contributed by atoms with E-state index in [1.807, 2.05) is 23.1 Å². The van der Waals surface area contributed by atoms with Gasteiger partial charge in [0.1, 0.15) is 16.4 Å². The van der Waals surface area contributed by atoms with Crippen LogP contribution >= 0.6 is 11.5 Å². The lowest BCUT2D eigenvalue weighted by Gasteiger charge is -2.34. The lowest BCUT2D eigenvalue weighted by atomic mass is 10.1. The number of rotatable bonds is 5. The maximum Gasteiger partial charge on any atom is 0.265 e. The minimum Gasteiger partial charge on any atom is -0.497 e. The van der Waals surface area contributed by atoms with E-state index in [0.717, 1.165) is 49.8 Å². The molecule has 1 saturated heterocycles. The van der Waals surface area contributed by atoms with Crippen molar-refractivity contribution in [1.82, 2.24) is 14.2 Å². The van der Waals surface area contributed by atoms with Crippen LogP contribution in [-0.2, 0) is 6.54 Å². The third kappa shape index (κ3) is 3.85. The largest absolute Gasteiger partial charge is 0.497 e. The van der Waals surface area contributed by atoms with Crippen LogP contribution in [0, 0.1) is 0 Å². The Bertz CT molecular complexity index is 660. The summed E-state index contributed by atoms with van der Waals surface area (Å²) in [4.78, 5) is 17.3. The summed E-state index contributed by atoms with van der Waals surface area (Å²) >= 11 is 1.25. The molecule has 0 N–H and O–H groups in total. The van der Waals surface area contributed by atoms with Gasteiger partial charge < -0.3 is 14.4 Å². The fraction of sp³-hybridized carbons (Fsp3) is 0.412. The molecule has 0 radical (unpaired) electrons. The number of hydrogen-bond donors (Lipinski definition) is 0. The minimum absolute atomic E-state index is 0.0835. The number of piperazine rings is 1. The average molecular weight is 347 g/mol. The summed E-state index contributed by atoms with van der Waals surface area (Å²) < 4.78 is 14.6. The molecule has 3 rings (SSSR count). The molecule has 1 fully saturated rings. The number of ether oxygens (including phenoxy) is 2. The summed E-state index contributed by atoms with van der Waals surface area (Å²) in [5, 5.41) is 0. The molecule has 1 aromatic carbocycles. The van der Waals surface area contributed by atoms with Crippen molar-refractivity contribution in [2.45, 2.75) is 6.54 Å². The summed E-state index contributed by atoms with van der Waals surface area (Å²) in [5.74, 6) is 1.67. The van der Waals surface area contributed by atoms with Gasteiger partial charge in [0.25, 0.3) is 5.91 Å². The van der Waals surface area contributed by atoms with Crippen LogP contribution in [0.1, 0.15) is 15.2 Å². The second kappa shape index (κ2) is 7.63. The van der Waals surface area contributed by atoms with Gasteiger partial charge in [0.05, 0.1) is 14.2 Å². The van der Waals surface area contributed by atoms with Crippen LogP contribution in [0.2, 0.25) is 0 Å². The normalized spacial score (nSPS) is 15.3. The zero-order chi connectivity index (χ0) is 16.9. The predicted molar refractivity (Wildman–Crippen MR) is 92.8 cm³/mol. The number of nitrogens with zero attached hydrogens (tertiary/aromatic N) is 3. The maximum atomic E-state index is 12.3. The van der Waals surface area contributed by atoms with E-state index in [-0.39, 0.29) is 5.91 Å². The number of methoxy groups -OCH3 is 2. The molecule has 0 saturated carbocycles. The molecule has 1 amide bonds. The van der Waals surface area contributed by atoms with Crippen molar-refractivity contribution in [2.75, 3.05) is 40.4 Å². The van der Waals surface area contributed by atoms with E-state index in [4.69, 9.17) is 9.47 Å². The standard InChI is InChI=1S/C17H21N3O3S/c1-22-14-9-13(10-15(11-14)23-2)12-19-5-7-20(8-6-19)17(21)16-3-4-18-24-16/h3-4,9-11H,5-8,12H2,1-2H3. The Morgan fingerprint density at radius 1 is 1.12 bits per heavy atom. The molecule has 1 aliphatic rings. The van der Waals surface area contributed by atoms with E-state index in [2.05, 4.69) is 9.27 Å². The Balaban J connectivity index is 1.58. The SMILES string of the molecule is COc1cc(CN2CCN(C(=O)c3ccns3)CC2)cc(OC)c1. The van der Waals surface area contributed by atoms with Gasteiger partial charge in [-0.15, -0.1) is 0 Å². The number of aromatic nitrogens is 1. The van der Waals surface area contributed by atoms with Gasteiger partial charge in [0, 0.05) is 45.0 Å². The molecule has 0 spiro atoms. The molecule has 0 atom stereocenters. The van der Waals surface area contributed by atoms with Crippen LogP contribution in [0.3, 0.4) is 0 Å². The van der Waals surface area contributed by atoms with Crippen molar-refractivity contribution >= 4 is 17.4 Å². The highest BCUT2D eigenvalue weighted by molar-refractivity contribution is 7.08. The molecule has 6 nitrogen and oxygen atoms in total. The summed E-state index contributed by atoms with van der Waals surface area (Å²) in [6.45, 7) is 3.99. The Morgan fingerprint density at radius 2 is 1.79 bits per heavy atom. The maximum absolute atomic E-state index is 12.3. The third-order valence-corrected chi connectivity index (χ3v) is 4.86. The molecule has 1 aromatic heterocycles. The second-order valence-corrected chi connectivity index (χ2v) is 6.50. The molecule has 2 heterocycles. The van der Waals surface area contributed by atoms with Crippen LogP contribution in [0.5, 0.6) is 11.5 Å². The highest BCUT2D eigenvalue weighted by atomic mass is 32.1. The molecule has 128 valence electrons. The Hall–Kier alpha value is -2.12. The van der Waals surface area contributed by atoms with Crippen LogP contribution in [-0.4, -0.2) is 60.5 Å². The lowest BCUT2D eigenvalue weighted by Crippen LogP contribution is -2.48. The van der Waals surface area contributed by atoms with Gasteiger partial charge in [-0.2, -0.15) is 0 Å². The van der Waals surface area contributed by atoms with Gasteiger partial charge in [-0.05, 0) is 35.3 Å². The van der Waals surface area contributed by atoms with E-state index >= 15 is 0 Å². The molecule has 1 aliphatic heterocycles. The molecule has 0 bridgehead atoms. The zero-order valence-corrected chi connectivity index (χ0v) is 14.7. The van der Waals surface area contributed by atoms with E-state index in [1.54, 1.807) is 26.5 Å². The fourth-order valence-corrected chi connectivity index (χ4v) is 3.37. The Labute approximate surface area is 145 Å². The van der Waals surface area contributed by atoms with Crippen molar-refractivity contribution in [1.29, 1.82) is 0 Å². The number of benzene rings is 1. The topological polar surface area (TPSA) is 54.9 Å². The fourth-order valence-electron chi connectivity index (χ4n) is 2.81. The molecule has 0 unspecified atom stereocenters. The van der Waals surface area contributed by atoms with Gasteiger partial charge in [0.15, 0.2) is 0 Å². The first-order valence-corrected chi connectivity index (χ1v) is 8.61. The van der Waals surface area contributed by atoms with Gasteiger partial charge in [-0.25, -0.2) is 4.37 Å². The van der Waals surface area contributed by atoms with Crippen LogP contribution < -0.4 is 9.47 Å². The summed E-state index contributed by atoms with van der Waals surface area (Å²) in [6.07, 6.45) is 1.67. The summed E-state index contributed by atoms with van der Waals surface area (Å²) in [5.41, 5.74) is 1.15. The first kappa shape index (κ1) is 16.7. The monoisotopic (exact) mass is 347 g/mol. The lowest BCUT2D eigenvalue weighted by molar-refractivity contribution is 0.0633. The number of carbonyl (C=O) groups excluding carboxylic acids is 1. The first-order valence-electron chi connectivity index (χ1n) is 7.84. The first-order chi connectivity index (χ1) is 11.7. The number of carbonyl (C=O) groups is 1. The predicted octanol–water partition coefficient (Wildman–Crippen LogP) is 2.12. The minimum atomic E-state index is 0.0835. The molecular formula is C17H21N3O3S. The van der Waals surface area contributed by atoms with E-state index in [1.165, 1.54) is 11.5 Å². The smallest absolute Gasteiger partial charge is 0.265 e. The van der Waals surface area contributed by atoms with E-state index < -0.39 is 0 Å². The van der Waals surface area contributed by atoms with Crippen molar-refractivity contribution in [3.05, 3.63) is 40.9 Å². The molecule has 7 heteroatoms.